The molecule has 0 aliphatic heterocycles. The highest BCUT2D eigenvalue weighted by Crippen LogP contribution is 2.32. The number of rotatable bonds is 5. The Balaban J connectivity index is 1.95. The molecule has 0 bridgehead atoms. The molecule has 1 heterocycles. The third kappa shape index (κ3) is 3.19. The van der Waals surface area contributed by atoms with Gasteiger partial charge in [-0.05, 0) is 19.3 Å². The van der Waals surface area contributed by atoms with E-state index in [0.29, 0.717) is 5.92 Å². The summed E-state index contributed by atoms with van der Waals surface area (Å²) in [7, 11) is 0. The fraction of sp³-hybridized carbons (Fsp3) is 0.692. The summed E-state index contributed by atoms with van der Waals surface area (Å²) in [4.78, 5) is 8.97. The molecule has 88 valence electrons. The van der Waals surface area contributed by atoms with E-state index in [4.69, 9.17) is 0 Å². The second kappa shape index (κ2) is 4.81. The largest absolute Gasteiger partial charge is 0.370 e. The van der Waals surface area contributed by atoms with E-state index in [1.807, 2.05) is 13.0 Å². The summed E-state index contributed by atoms with van der Waals surface area (Å²) in [5.74, 6) is 3.29. The number of aryl methyl sites for hydroxylation is 1. The van der Waals surface area contributed by atoms with Crippen LogP contribution in [0.1, 0.15) is 50.5 Å². The monoisotopic (exact) mass is 219 g/mol. The van der Waals surface area contributed by atoms with Gasteiger partial charge in [-0.15, -0.1) is 0 Å². The van der Waals surface area contributed by atoms with Gasteiger partial charge in [-0.3, -0.25) is 0 Å². The summed E-state index contributed by atoms with van der Waals surface area (Å²) in [5.41, 5.74) is 1.05. The van der Waals surface area contributed by atoms with Gasteiger partial charge in [0.1, 0.15) is 11.6 Å². The maximum Gasteiger partial charge on any atom is 0.133 e. The summed E-state index contributed by atoms with van der Waals surface area (Å²) in [6, 6.07) is 2.03. The molecular formula is C13H21N3. The Morgan fingerprint density at radius 3 is 2.75 bits per heavy atom. The Morgan fingerprint density at radius 1 is 1.38 bits per heavy atom. The van der Waals surface area contributed by atoms with Gasteiger partial charge in [-0.25, -0.2) is 9.97 Å². The number of nitrogens with zero attached hydrogens (tertiary/aromatic N) is 2. The molecule has 16 heavy (non-hydrogen) atoms. The van der Waals surface area contributed by atoms with Crippen LogP contribution < -0.4 is 5.32 Å². The van der Waals surface area contributed by atoms with E-state index in [2.05, 4.69) is 29.1 Å². The number of hydrogen-bond donors (Lipinski definition) is 1. The highest BCUT2D eigenvalue weighted by molar-refractivity contribution is 5.36. The first-order valence-electron chi connectivity index (χ1n) is 6.24. The van der Waals surface area contributed by atoms with Crippen molar-refractivity contribution in [2.75, 3.05) is 11.9 Å². The van der Waals surface area contributed by atoms with Gasteiger partial charge in [0.25, 0.3) is 0 Å². The van der Waals surface area contributed by atoms with Crippen molar-refractivity contribution < 1.29 is 0 Å². The zero-order chi connectivity index (χ0) is 11.5. The fourth-order valence-electron chi connectivity index (χ4n) is 1.75. The summed E-state index contributed by atoms with van der Waals surface area (Å²) in [5, 5.41) is 3.40. The van der Waals surface area contributed by atoms with Crippen LogP contribution in [0.2, 0.25) is 0 Å². The molecule has 0 aromatic carbocycles. The van der Waals surface area contributed by atoms with Gasteiger partial charge in [0.15, 0.2) is 0 Å². The van der Waals surface area contributed by atoms with Gasteiger partial charge in [0.05, 0.1) is 0 Å². The average molecular weight is 219 g/mol. The van der Waals surface area contributed by atoms with E-state index in [1.165, 1.54) is 19.3 Å². The van der Waals surface area contributed by atoms with Gasteiger partial charge >= 0.3 is 0 Å². The zero-order valence-corrected chi connectivity index (χ0v) is 10.5. The van der Waals surface area contributed by atoms with Crippen molar-refractivity contribution >= 4 is 5.82 Å². The van der Waals surface area contributed by atoms with E-state index in [0.717, 1.165) is 29.8 Å². The molecule has 0 radical (unpaired) electrons. The summed E-state index contributed by atoms with van der Waals surface area (Å²) < 4.78 is 0. The van der Waals surface area contributed by atoms with Crippen LogP contribution in [0.25, 0.3) is 0 Å². The van der Waals surface area contributed by atoms with Crippen LogP contribution >= 0.6 is 0 Å². The van der Waals surface area contributed by atoms with Gasteiger partial charge < -0.3 is 5.32 Å². The predicted octanol–water partition coefficient (Wildman–Crippen LogP) is 3.12. The Kier molecular flexibility index (Phi) is 3.42. The molecule has 2 rings (SSSR count). The first kappa shape index (κ1) is 11.4. The molecule has 1 aromatic rings. The molecule has 1 N–H and O–H groups in total. The van der Waals surface area contributed by atoms with E-state index >= 15 is 0 Å². The minimum Gasteiger partial charge on any atom is -0.370 e. The molecule has 1 aliphatic rings. The Bertz CT molecular complexity index is 356. The van der Waals surface area contributed by atoms with E-state index in [9.17, 15) is 0 Å². The molecule has 1 fully saturated rings. The second-order valence-electron chi connectivity index (χ2n) is 5.07. The first-order valence-corrected chi connectivity index (χ1v) is 6.24. The van der Waals surface area contributed by atoms with Gasteiger partial charge in [0, 0.05) is 24.2 Å². The number of nitrogens with one attached hydrogen (secondary N) is 1. The number of anilines is 1. The van der Waals surface area contributed by atoms with E-state index in [1.54, 1.807) is 0 Å². The predicted molar refractivity (Wildman–Crippen MR) is 66.7 cm³/mol. The Labute approximate surface area is 97.7 Å². The van der Waals surface area contributed by atoms with Crippen molar-refractivity contribution in [2.24, 2.45) is 5.92 Å². The van der Waals surface area contributed by atoms with Crippen molar-refractivity contribution in [1.29, 1.82) is 0 Å². The summed E-state index contributed by atoms with van der Waals surface area (Å²) >= 11 is 0. The van der Waals surface area contributed by atoms with Crippen molar-refractivity contribution in [3.05, 3.63) is 17.6 Å². The third-order valence-electron chi connectivity index (χ3n) is 2.94. The molecule has 0 atom stereocenters. The lowest BCUT2D eigenvalue weighted by Gasteiger charge is -2.09. The third-order valence-corrected chi connectivity index (χ3v) is 2.94. The second-order valence-corrected chi connectivity index (χ2v) is 5.07. The van der Waals surface area contributed by atoms with Gasteiger partial charge in [-0.2, -0.15) is 0 Å². The minimum atomic E-state index is 0.392. The van der Waals surface area contributed by atoms with Crippen LogP contribution in [-0.4, -0.2) is 16.5 Å². The summed E-state index contributed by atoms with van der Waals surface area (Å²) in [6.07, 6.45) is 4.11. The van der Waals surface area contributed by atoms with Crippen molar-refractivity contribution in [2.45, 2.75) is 46.0 Å². The highest BCUT2D eigenvalue weighted by atomic mass is 15.0. The van der Waals surface area contributed by atoms with Crippen LogP contribution in [-0.2, 0) is 0 Å². The zero-order valence-electron chi connectivity index (χ0n) is 10.5. The van der Waals surface area contributed by atoms with Crippen LogP contribution in [0, 0.1) is 12.8 Å². The smallest absolute Gasteiger partial charge is 0.133 e. The standard InChI is InChI=1S/C13H21N3/c1-9(2)13-15-10(3)8-12(16-13)14-7-6-11-4-5-11/h8-9,11H,4-7H2,1-3H3,(H,14,15,16). The maximum atomic E-state index is 4.53. The van der Waals surface area contributed by atoms with Crippen LogP contribution in [0.5, 0.6) is 0 Å². The quantitative estimate of drug-likeness (QED) is 0.826. The van der Waals surface area contributed by atoms with Crippen LogP contribution in [0.15, 0.2) is 6.07 Å². The lowest BCUT2D eigenvalue weighted by molar-refractivity contribution is 0.745. The lowest BCUT2D eigenvalue weighted by Crippen LogP contribution is -2.08. The molecular weight excluding hydrogens is 198 g/mol. The SMILES string of the molecule is Cc1cc(NCCC2CC2)nc(C(C)C)n1. The number of hydrogen-bond acceptors (Lipinski definition) is 3. The molecule has 1 saturated carbocycles. The molecule has 0 unspecified atom stereocenters. The van der Waals surface area contributed by atoms with Gasteiger partial charge in [0.2, 0.25) is 0 Å². The molecule has 0 spiro atoms. The molecule has 3 nitrogen and oxygen atoms in total. The Hall–Kier alpha value is -1.12. The van der Waals surface area contributed by atoms with Crippen LogP contribution in [0.4, 0.5) is 5.82 Å². The number of aromatic nitrogens is 2. The maximum absolute atomic E-state index is 4.53. The topological polar surface area (TPSA) is 37.8 Å². The first-order chi connectivity index (χ1) is 7.65. The molecule has 1 aromatic heterocycles. The Morgan fingerprint density at radius 2 is 2.12 bits per heavy atom. The highest BCUT2D eigenvalue weighted by Gasteiger charge is 2.20. The average Bonchev–Trinajstić information content (AvgIpc) is 3.01. The molecule has 0 saturated heterocycles. The molecule has 1 aliphatic carbocycles. The van der Waals surface area contributed by atoms with Gasteiger partial charge in [-0.1, -0.05) is 26.7 Å². The van der Waals surface area contributed by atoms with E-state index < -0.39 is 0 Å². The van der Waals surface area contributed by atoms with Crippen molar-refractivity contribution in [3.63, 3.8) is 0 Å². The molecule has 0 amide bonds. The van der Waals surface area contributed by atoms with Crippen molar-refractivity contribution in [1.82, 2.24) is 9.97 Å². The molecule has 3 heteroatoms. The summed E-state index contributed by atoms with van der Waals surface area (Å²) in [6.45, 7) is 7.32. The van der Waals surface area contributed by atoms with E-state index in [-0.39, 0.29) is 0 Å². The minimum absolute atomic E-state index is 0.392. The fourth-order valence-corrected chi connectivity index (χ4v) is 1.75. The van der Waals surface area contributed by atoms with Crippen molar-refractivity contribution in [3.8, 4) is 0 Å². The van der Waals surface area contributed by atoms with Crippen LogP contribution in [0.3, 0.4) is 0 Å². The normalized spacial score (nSPS) is 15.5. The lowest BCUT2D eigenvalue weighted by atomic mass is 10.2.